The number of pyridine rings is 1. The molecule has 0 unspecified atom stereocenters. The minimum atomic E-state index is -0.320. The molecule has 10 rings (SSSR count). The number of aryl methyl sites for hydroxylation is 2. The fourth-order valence-electron chi connectivity index (χ4n) is 9.59. The Morgan fingerprint density at radius 2 is 1.83 bits per heavy atom. The van der Waals surface area contributed by atoms with Gasteiger partial charge in [-0.15, -0.1) is 31.7 Å². The molecule has 304 valence electrons. The zero-order valence-corrected chi connectivity index (χ0v) is 35.5. The fourth-order valence-corrected chi connectivity index (χ4v) is 11.0. The molecular formula is C46H45ClN10O2S. The first-order chi connectivity index (χ1) is 29.1. The predicted molar refractivity (Wildman–Crippen MR) is 230 cm³/mol. The van der Waals surface area contributed by atoms with Gasteiger partial charge in [-0.2, -0.15) is 5.26 Å². The number of amides is 1. The predicted octanol–water partition coefficient (Wildman–Crippen LogP) is 7.97. The van der Waals surface area contributed by atoms with Crippen LogP contribution in [0.25, 0.3) is 5.00 Å². The van der Waals surface area contributed by atoms with Crippen LogP contribution >= 0.6 is 22.9 Å². The van der Waals surface area contributed by atoms with Crippen molar-refractivity contribution in [1.82, 2.24) is 35.3 Å². The van der Waals surface area contributed by atoms with Gasteiger partial charge in [-0.1, -0.05) is 17.5 Å². The molecule has 1 aromatic carbocycles. The summed E-state index contributed by atoms with van der Waals surface area (Å²) in [7, 11) is 0. The molecule has 3 saturated carbocycles. The maximum Gasteiger partial charge on any atom is 0.272 e. The molecule has 0 radical (unpaired) electrons. The molecule has 0 atom stereocenters. The van der Waals surface area contributed by atoms with Crippen LogP contribution in [0.3, 0.4) is 0 Å². The van der Waals surface area contributed by atoms with Crippen molar-refractivity contribution >= 4 is 40.4 Å². The van der Waals surface area contributed by atoms with E-state index in [1.165, 1.54) is 16.9 Å². The maximum atomic E-state index is 13.1. The third-order valence-corrected chi connectivity index (χ3v) is 14.6. The van der Waals surface area contributed by atoms with Crippen LogP contribution in [0.2, 0.25) is 5.02 Å². The second kappa shape index (κ2) is 15.1. The molecule has 14 heteroatoms. The fraction of sp³-hybridized carbons (Fsp3) is 0.435. The summed E-state index contributed by atoms with van der Waals surface area (Å²) in [6.07, 6.45) is 11.5. The molecule has 60 heavy (non-hydrogen) atoms. The maximum absolute atomic E-state index is 13.1. The second-order valence-electron chi connectivity index (χ2n) is 17.3. The van der Waals surface area contributed by atoms with Gasteiger partial charge in [-0.05, 0) is 138 Å². The Kier molecular flexibility index (Phi) is 9.72. The number of hydrogen-bond donors (Lipinski definition) is 1. The molecule has 3 aliphatic carbocycles. The highest BCUT2D eigenvalue weighted by molar-refractivity contribution is 7.15. The highest BCUT2D eigenvalue weighted by Crippen LogP contribution is 2.53. The molecule has 12 nitrogen and oxygen atoms in total. The van der Waals surface area contributed by atoms with E-state index in [0.717, 1.165) is 116 Å². The number of piperidine rings is 1. The number of halogens is 1. The van der Waals surface area contributed by atoms with E-state index in [0.29, 0.717) is 27.9 Å². The summed E-state index contributed by atoms with van der Waals surface area (Å²) in [6.45, 7) is 8.22. The van der Waals surface area contributed by atoms with Crippen molar-refractivity contribution in [1.29, 1.82) is 5.26 Å². The van der Waals surface area contributed by atoms with Crippen molar-refractivity contribution in [2.24, 2.45) is 16.3 Å². The number of benzene rings is 1. The summed E-state index contributed by atoms with van der Waals surface area (Å²) in [5, 5.41) is 31.7. The van der Waals surface area contributed by atoms with Gasteiger partial charge >= 0.3 is 0 Å². The van der Waals surface area contributed by atoms with Crippen LogP contribution in [0.5, 0.6) is 5.75 Å². The topological polar surface area (TPSA) is 147 Å². The summed E-state index contributed by atoms with van der Waals surface area (Å²) in [5.74, 6) is 10.4. The molecule has 6 heterocycles. The number of nitrogens with one attached hydrogen (secondary N) is 1. The normalized spacial score (nSPS) is 23.6. The smallest absolute Gasteiger partial charge is 0.272 e. The molecule has 1 amide bonds. The number of hydrogen-bond acceptors (Lipinski definition) is 11. The number of aromatic nitrogens is 6. The van der Waals surface area contributed by atoms with Gasteiger partial charge in [0.25, 0.3) is 5.91 Å². The summed E-state index contributed by atoms with van der Waals surface area (Å²) < 4.78 is 8.33. The van der Waals surface area contributed by atoms with Crippen LogP contribution in [-0.4, -0.2) is 66.8 Å². The van der Waals surface area contributed by atoms with Crippen molar-refractivity contribution < 1.29 is 9.53 Å². The van der Waals surface area contributed by atoms with E-state index in [-0.39, 0.29) is 29.0 Å². The summed E-state index contributed by atoms with van der Waals surface area (Å²) in [4.78, 5) is 26.9. The summed E-state index contributed by atoms with van der Waals surface area (Å²) in [6, 6.07) is 15.1. The van der Waals surface area contributed by atoms with Crippen LogP contribution < -0.4 is 15.0 Å². The Bertz CT molecular complexity index is 2630. The molecule has 1 saturated heterocycles. The number of anilines is 1. The average Bonchev–Trinajstić information content (AvgIpc) is 3.86. The lowest BCUT2D eigenvalue weighted by atomic mass is 9.58. The molecule has 2 aliphatic heterocycles. The van der Waals surface area contributed by atoms with Crippen molar-refractivity contribution in [3.63, 3.8) is 0 Å². The monoisotopic (exact) mass is 836 g/mol. The lowest BCUT2D eigenvalue weighted by Gasteiger charge is -2.51. The van der Waals surface area contributed by atoms with Gasteiger partial charge in [0.2, 0.25) is 0 Å². The number of carbonyl (C=O) groups excluding carboxylic acids is 1. The molecule has 5 aromatic rings. The molecule has 1 N–H and O–H groups in total. The number of fused-ring (bicyclic) bond motifs is 4. The number of aliphatic imine (C=N–C) groups is 1. The number of rotatable bonds is 6. The minimum absolute atomic E-state index is 0.0326. The highest BCUT2D eigenvalue weighted by atomic mass is 35.5. The summed E-state index contributed by atoms with van der Waals surface area (Å²) >= 11 is 7.95. The van der Waals surface area contributed by atoms with E-state index in [4.69, 9.17) is 31.6 Å². The average molecular weight is 837 g/mol. The van der Waals surface area contributed by atoms with Crippen molar-refractivity contribution in [2.75, 3.05) is 18.0 Å². The summed E-state index contributed by atoms with van der Waals surface area (Å²) in [5.41, 5.74) is 5.82. The van der Waals surface area contributed by atoms with Crippen molar-refractivity contribution in [2.45, 2.75) is 103 Å². The van der Waals surface area contributed by atoms with Gasteiger partial charge in [-0.25, -0.2) is 4.98 Å². The standard InChI is InChI=1S/C46H45ClN10O2S/c1-27-28(2)60-43-40(27)41(51-46(18-19-46)44-55-52-29(3)57(43)44)32-6-9-33(49-25-32)8-5-30-22-45(23-30)17-4-20-56(26-45)39-16-15-38(53-54-39)42(58)50-34-10-13-35(14-11-34)59-36-12-7-31(24-48)37(47)21-36/h6-7,9,12,15-16,21,25,30,34-35H,4,10-11,13-14,17-20,22-23,26H2,1-3H3,(H,50,58). The Morgan fingerprint density at radius 1 is 1.00 bits per heavy atom. The lowest BCUT2D eigenvalue weighted by molar-refractivity contribution is 0.0684. The number of carbonyl (C=O) groups is 1. The van der Waals surface area contributed by atoms with E-state index in [2.05, 4.69) is 73.0 Å². The zero-order valence-electron chi connectivity index (χ0n) is 34.0. The van der Waals surface area contributed by atoms with E-state index >= 15 is 0 Å². The molecule has 4 fully saturated rings. The van der Waals surface area contributed by atoms with Crippen LogP contribution in [0.4, 0.5) is 5.82 Å². The van der Waals surface area contributed by atoms with Crippen molar-refractivity contribution in [3.05, 3.63) is 104 Å². The third kappa shape index (κ3) is 7.11. The first-order valence-corrected chi connectivity index (χ1v) is 22.2. The third-order valence-electron chi connectivity index (χ3n) is 13.1. The SMILES string of the molecule is Cc1sc2c(c1C)C(c1ccc(C#CC3CC4(CCCN(c5ccc(C(=O)NC6CCC(Oc7ccc(C#N)c(Cl)c7)CC6)nn5)C4)C3)nc1)=NC1(CC1)c1nnc(C)n1-2. The Labute approximate surface area is 358 Å². The molecular weight excluding hydrogens is 792 g/mol. The van der Waals surface area contributed by atoms with Crippen molar-refractivity contribution in [3.8, 4) is 28.7 Å². The van der Waals surface area contributed by atoms with Gasteiger partial charge in [0, 0.05) is 53.3 Å². The molecule has 0 bridgehead atoms. The molecule has 2 spiro atoms. The molecule has 4 aromatic heterocycles. The lowest BCUT2D eigenvalue weighted by Crippen LogP contribution is -2.50. The van der Waals surface area contributed by atoms with Gasteiger partial charge in [0.1, 0.15) is 33.9 Å². The largest absolute Gasteiger partial charge is 0.490 e. The number of nitriles is 1. The highest BCUT2D eigenvalue weighted by Gasteiger charge is 2.52. The van der Waals surface area contributed by atoms with Crippen LogP contribution in [0, 0.1) is 55.3 Å². The Morgan fingerprint density at radius 3 is 2.55 bits per heavy atom. The van der Waals surface area contributed by atoms with Gasteiger partial charge in [0.05, 0.1) is 22.4 Å². The first kappa shape index (κ1) is 38.6. The van der Waals surface area contributed by atoms with Gasteiger partial charge < -0.3 is 15.0 Å². The van der Waals surface area contributed by atoms with E-state index in [9.17, 15) is 4.79 Å². The van der Waals surface area contributed by atoms with E-state index < -0.39 is 0 Å². The Hall–Kier alpha value is -5.63. The first-order valence-electron chi connectivity index (χ1n) is 21.0. The molecule has 5 aliphatic rings. The van der Waals surface area contributed by atoms with E-state index in [1.54, 1.807) is 35.6 Å². The quantitative estimate of drug-likeness (QED) is 0.168. The number of ether oxygens (including phenoxy) is 1. The van der Waals surface area contributed by atoms with E-state index in [1.807, 2.05) is 25.3 Å². The number of nitrogens with zero attached hydrogens (tertiary/aromatic N) is 9. The second-order valence-corrected chi connectivity index (χ2v) is 18.9. The van der Waals surface area contributed by atoms with Gasteiger partial charge in [0.15, 0.2) is 17.3 Å². The van der Waals surface area contributed by atoms with Gasteiger partial charge in [-0.3, -0.25) is 14.4 Å². The van der Waals surface area contributed by atoms with Crippen LogP contribution in [-0.2, 0) is 5.54 Å². The number of thiophene rings is 1. The minimum Gasteiger partial charge on any atom is -0.490 e. The van der Waals surface area contributed by atoms with Crippen LogP contribution in [0.1, 0.15) is 119 Å². The Balaban J connectivity index is 0.728. The zero-order chi connectivity index (χ0) is 41.2. The van der Waals surface area contributed by atoms with Crippen LogP contribution in [0.15, 0.2) is 53.7 Å².